The van der Waals surface area contributed by atoms with Gasteiger partial charge < -0.3 is 0 Å². The van der Waals surface area contributed by atoms with Crippen molar-refractivity contribution in [1.82, 2.24) is 0 Å². The number of nitrogens with one attached hydrogen (secondary N) is 1. The molecule has 1 aromatic carbocycles. The summed E-state index contributed by atoms with van der Waals surface area (Å²) in [6.45, 7) is 4.19. The molecule has 0 saturated heterocycles. The van der Waals surface area contributed by atoms with Crippen LogP contribution in [0.3, 0.4) is 0 Å². The van der Waals surface area contributed by atoms with Crippen LogP contribution in [0, 0.1) is 0 Å². The minimum absolute atomic E-state index is 0.206. The van der Waals surface area contributed by atoms with Crippen LogP contribution in [0.1, 0.15) is 45.1 Å². The number of benzene rings is 1. The molecule has 102 valence electrons. The Morgan fingerprint density at radius 1 is 1.00 bits per heavy atom. The van der Waals surface area contributed by atoms with E-state index in [0.717, 1.165) is 32.1 Å². The maximum atomic E-state index is 11.8. The number of sulfonamides is 1. The fourth-order valence-corrected chi connectivity index (χ4v) is 2.98. The fourth-order valence-electron chi connectivity index (χ4n) is 1.80. The maximum absolute atomic E-state index is 11.8. The molecule has 0 aliphatic carbocycles. The molecule has 1 aromatic rings. The van der Waals surface area contributed by atoms with Gasteiger partial charge in [0.2, 0.25) is 10.0 Å². The van der Waals surface area contributed by atoms with Gasteiger partial charge in [-0.2, -0.15) is 0 Å². The van der Waals surface area contributed by atoms with E-state index in [1.54, 1.807) is 0 Å². The number of unbranched alkanes of at least 4 members (excludes halogenated alkanes) is 2. The van der Waals surface area contributed by atoms with Crippen LogP contribution in [0.5, 0.6) is 0 Å². The molecule has 0 heterocycles. The van der Waals surface area contributed by atoms with Crippen molar-refractivity contribution in [2.75, 3.05) is 10.5 Å². The normalized spacial score (nSPS) is 11.4. The Morgan fingerprint density at radius 2 is 1.67 bits per heavy atom. The molecule has 1 rings (SSSR count). The zero-order valence-corrected chi connectivity index (χ0v) is 12.1. The van der Waals surface area contributed by atoms with Gasteiger partial charge in [0.1, 0.15) is 0 Å². The summed E-state index contributed by atoms with van der Waals surface area (Å²) in [5.74, 6) is 0.206. The second-order valence-corrected chi connectivity index (χ2v) is 6.42. The highest BCUT2D eigenvalue weighted by Gasteiger charge is 2.09. The molecule has 0 saturated carbocycles. The first kappa shape index (κ1) is 15.0. The van der Waals surface area contributed by atoms with Gasteiger partial charge in [0.25, 0.3) is 0 Å². The molecule has 1 N–H and O–H groups in total. The average molecular weight is 269 g/mol. The van der Waals surface area contributed by atoms with Crippen LogP contribution in [0.4, 0.5) is 5.69 Å². The summed E-state index contributed by atoms with van der Waals surface area (Å²) in [7, 11) is -3.18. The van der Waals surface area contributed by atoms with Crippen molar-refractivity contribution >= 4 is 15.7 Å². The van der Waals surface area contributed by atoms with Gasteiger partial charge in [-0.15, -0.1) is 0 Å². The third-order valence-corrected chi connectivity index (χ3v) is 4.16. The quantitative estimate of drug-likeness (QED) is 0.733. The molecule has 0 bridgehead atoms. The molecule has 3 nitrogen and oxygen atoms in total. The predicted octanol–water partition coefficient (Wildman–Crippen LogP) is 3.57. The monoisotopic (exact) mass is 269 g/mol. The first-order chi connectivity index (χ1) is 8.57. The van der Waals surface area contributed by atoms with Crippen molar-refractivity contribution in [3.8, 4) is 0 Å². The van der Waals surface area contributed by atoms with Gasteiger partial charge in [-0.1, -0.05) is 45.2 Å². The van der Waals surface area contributed by atoms with E-state index in [1.165, 1.54) is 5.56 Å². The second kappa shape index (κ2) is 7.41. The molecule has 0 unspecified atom stereocenters. The van der Waals surface area contributed by atoms with Crippen LogP contribution in [0.15, 0.2) is 24.3 Å². The van der Waals surface area contributed by atoms with E-state index in [0.29, 0.717) is 5.69 Å². The molecule has 0 aromatic heterocycles. The second-order valence-electron chi connectivity index (χ2n) is 4.57. The third kappa shape index (κ3) is 5.54. The standard InChI is InChI=1S/C14H23NO2S/c1-3-5-6-12-18(16,17)15-14-10-8-13(7-4-2)9-11-14/h8-11,15H,3-7,12H2,1-2H3. The van der Waals surface area contributed by atoms with E-state index in [1.807, 2.05) is 24.3 Å². The van der Waals surface area contributed by atoms with Gasteiger partial charge in [0.15, 0.2) is 0 Å². The smallest absolute Gasteiger partial charge is 0.232 e. The molecule has 4 heteroatoms. The van der Waals surface area contributed by atoms with Gasteiger partial charge in [-0.05, 0) is 30.5 Å². The molecule has 0 aliphatic heterocycles. The lowest BCUT2D eigenvalue weighted by Crippen LogP contribution is -2.16. The number of anilines is 1. The molecule has 0 fully saturated rings. The van der Waals surface area contributed by atoms with Crippen molar-refractivity contribution in [3.63, 3.8) is 0 Å². The van der Waals surface area contributed by atoms with E-state index in [9.17, 15) is 8.42 Å². The highest BCUT2D eigenvalue weighted by Crippen LogP contribution is 2.13. The van der Waals surface area contributed by atoms with Crippen molar-refractivity contribution in [3.05, 3.63) is 29.8 Å². The van der Waals surface area contributed by atoms with Crippen LogP contribution >= 0.6 is 0 Å². The maximum Gasteiger partial charge on any atom is 0.232 e. The van der Waals surface area contributed by atoms with Crippen LogP contribution in [0.25, 0.3) is 0 Å². The molecule has 0 aliphatic rings. The van der Waals surface area contributed by atoms with Crippen molar-refractivity contribution in [2.45, 2.75) is 46.0 Å². The Balaban J connectivity index is 2.55. The molecular weight excluding hydrogens is 246 g/mol. The Morgan fingerprint density at radius 3 is 2.22 bits per heavy atom. The van der Waals surface area contributed by atoms with E-state index in [-0.39, 0.29) is 5.75 Å². The predicted molar refractivity (Wildman–Crippen MR) is 77.4 cm³/mol. The Kier molecular flexibility index (Phi) is 6.19. The number of rotatable bonds is 8. The van der Waals surface area contributed by atoms with Crippen molar-refractivity contribution in [1.29, 1.82) is 0 Å². The number of hydrogen-bond acceptors (Lipinski definition) is 2. The van der Waals surface area contributed by atoms with E-state index >= 15 is 0 Å². The van der Waals surface area contributed by atoms with Crippen LogP contribution in [0.2, 0.25) is 0 Å². The highest BCUT2D eigenvalue weighted by atomic mass is 32.2. The van der Waals surface area contributed by atoms with Gasteiger partial charge in [0.05, 0.1) is 5.75 Å². The Labute approximate surface area is 111 Å². The topological polar surface area (TPSA) is 46.2 Å². The lowest BCUT2D eigenvalue weighted by molar-refractivity contribution is 0.596. The van der Waals surface area contributed by atoms with Gasteiger partial charge in [-0.25, -0.2) is 8.42 Å². The highest BCUT2D eigenvalue weighted by molar-refractivity contribution is 7.92. The minimum atomic E-state index is -3.18. The Bertz CT molecular complexity index is 437. The van der Waals surface area contributed by atoms with Crippen LogP contribution in [-0.2, 0) is 16.4 Å². The first-order valence-corrected chi connectivity index (χ1v) is 8.32. The third-order valence-electron chi connectivity index (χ3n) is 2.78. The molecule has 18 heavy (non-hydrogen) atoms. The van der Waals surface area contributed by atoms with Gasteiger partial charge in [0, 0.05) is 5.69 Å². The molecule has 0 radical (unpaired) electrons. The summed E-state index contributed by atoms with van der Waals surface area (Å²) in [4.78, 5) is 0. The van der Waals surface area contributed by atoms with E-state index in [4.69, 9.17) is 0 Å². The largest absolute Gasteiger partial charge is 0.284 e. The van der Waals surface area contributed by atoms with Crippen LogP contribution in [-0.4, -0.2) is 14.2 Å². The first-order valence-electron chi connectivity index (χ1n) is 6.67. The summed E-state index contributed by atoms with van der Waals surface area (Å²) in [6, 6.07) is 7.63. The lowest BCUT2D eigenvalue weighted by Gasteiger charge is -2.08. The summed E-state index contributed by atoms with van der Waals surface area (Å²) in [5.41, 5.74) is 1.90. The SMILES string of the molecule is CCCCCS(=O)(=O)Nc1ccc(CCC)cc1. The van der Waals surface area contributed by atoms with E-state index < -0.39 is 10.0 Å². The summed E-state index contributed by atoms with van der Waals surface area (Å²) in [6.07, 6.45) is 4.84. The number of hydrogen-bond donors (Lipinski definition) is 1. The van der Waals surface area contributed by atoms with E-state index in [2.05, 4.69) is 18.6 Å². The summed E-state index contributed by atoms with van der Waals surface area (Å²) < 4.78 is 26.2. The van der Waals surface area contributed by atoms with Gasteiger partial charge >= 0.3 is 0 Å². The fraction of sp³-hybridized carbons (Fsp3) is 0.571. The van der Waals surface area contributed by atoms with Gasteiger partial charge in [-0.3, -0.25) is 4.72 Å². The zero-order chi connectivity index (χ0) is 13.4. The summed E-state index contributed by atoms with van der Waals surface area (Å²) >= 11 is 0. The summed E-state index contributed by atoms with van der Waals surface area (Å²) in [5, 5.41) is 0. The lowest BCUT2D eigenvalue weighted by atomic mass is 10.1. The molecular formula is C14H23NO2S. The molecule has 0 amide bonds. The minimum Gasteiger partial charge on any atom is -0.284 e. The molecule has 0 atom stereocenters. The number of aryl methyl sites for hydroxylation is 1. The van der Waals surface area contributed by atoms with Crippen molar-refractivity contribution in [2.24, 2.45) is 0 Å². The van der Waals surface area contributed by atoms with Crippen molar-refractivity contribution < 1.29 is 8.42 Å². The zero-order valence-electron chi connectivity index (χ0n) is 11.3. The van der Waals surface area contributed by atoms with Crippen LogP contribution < -0.4 is 4.72 Å². The molecule has 0 spiro atoms. The average Bonchev–Trinajstić information content (AvgIpc) is 2.32. The Hall–Kier alpha value is -1.03.